The molecular weight excluding hydrogens is 250 g/mol. The van der Waals surface area contributed by atoms with Crippen molar-refractivity contribution in [3.05, 3.63) is 27.9 Å². The first kappa shape index (κ1) is 14.9. The smallest absolute Gasteiger partial charge is 0.354 e. The summed E-state index contributed by atoms with van der Waals surface area (Å²) in [6.45, 7) is 4.62. The minimum absolute atomic E-state index is 0.0881. The molecule has 0 aliphatic carbocycles. The van der Waals surface area contributed by atoms with Gasteiger partial charge in [0.1, 0.15) is 0 Å². The predicted molar refractivity (Wildman–Crippen MR) is 70.6 cm³/mol. The Kier molecular flexibility index (Phi) is 4.80. The number of aromatic nitrogens is 1. The van der Waals surface area contributed by atoms with Gasteiger partial charge in [-0.05, 0) is 12.0 Å². The van der Waals surface area contributed by atoms with Crippen molar-refractivity contribution in [2.24, 2.45) is 5.92 Å². The van der Waals surface area contributed by atoms with E-state index >= 15 is 0 Å². The van der Waals surface area contributed by atoms with Crippen molar-refractivity contribution >= 4 is 17.5 Å². The van der Waals surface area contributed by atoms with Gasteiger partial charge in [0.05, 0.1) is 4.92 Å². The fourth-order valence-electron chi connectivity index (χ4n) is 1.67. The molecular formula is C12H17N3O4. The summed E-state index contributed by atoms with van der Waals surface area (Å²) in [5, 5.41) is 19.9. The Labute approximate surface area is 111 Å². The van der Waals surface area contributed by atoms with E-state index in [4.69, 9.17) is 5.11 Å². The highest BCUT2D eigenvalue weighted by Gasteiger charge is 2.22. The van der Waals surface area contributed by atoms with Crippen LogP contribution in [0.5, 0.6) is 0 Å². The van der Waals surface area contributed by atoms with Gasteiger partial charge in [-0.1, -0.05) is 20.3 Å². The molecule has 0 amide bonds. The highest BCUT2D eigenvalue weighted by molar-refractivity contribution is 5.86. The van der Waals surface area contributed by atoms with Gasteiger partial charge < -0.3 is 10.0 Å². The molecule has 1 rings (SSSR count). The number of nitro groups is 1. The van der Waals surface area contributed by atoms with Crippen molar-refractivity contribution < 1.29 is 14.8 Å². The van der Waals surface area contributed by atoms with E-state index < -0.39 is 10.9 Å². The molecule has 0 aliphatic rings. The summed E-state index contributed by atoms with van der Waals surface area (Å²) >= 11 is 0. The summed E-state index contributed by atoms with van der Waals surface area (Å²) in [5.41, 5.74) is -0.382. The van der Waals surface area contributed by atoms with Crippen LogP contribution in [-0.2, 0) is 0 Å². The van der Waals surface area contributed by atoms with E-state index in [1.165, 1.54) is 6.07 Å². The number of aromatic carboxylic acids is 1. The lowest BCUT2D eigenvalue weighted by Crippen LogP contribution is -2.26. The molecule has 0 spiro atoms. The maximum absolute atomic E-state index is 11.0. The maximum Gasteiger partial charge on any atom is 0.354 e. The summed E-state index contributed by atoms with van der Waals surface area (Å²) < 4.78 is 0. The molecule has 0 aliphatic heterocycles. The Morgan fingerprint density at radius 2 is 2.21 bits per heavy atom. The summed E-state index contributed by atoms with van der Waals surface area (Å²) in [7, 11) is 1.67. The van der Waals surface area contributed by atoms with Crippen molar-refractivity contribution in [3.63, 3.8) is 0 Å². The van der Waals surface area contributed by atoms with Gasteiger partial charge >= 0.3 is 11.7 Å². The van der Waals surface area contributed by atoms with E-state index in [2.05, 4.69) is 4.98 Å². The zero-order valence-corrected chi connectivity index (χ0v) is 11.2. The van der Waals surface area contributed by atoms with Gasteiger partial charge in [0.15, 0.2) is 5.69 Å². The zero-order chi connectivity index (χ0) is 14.6. The highest BCUT2D eigenvalue weighted by Crippen LogP contribution is 2.26. The minimum Gasteiger partial charge on any atom is -0.477 e. The molecule has 1 unspecified atom stereocenters. The quantitative estimate of drug-likeness (QED) is 0.626. The Balaban J connectivity index is 3.16. The molecule has 0 aromatic carbocycles. The molecule has 0 fully saturated rings. The lowest BCUT2D eigenvalue weighted by molar-refractivity contribution is -0.384. The van der Waals surface area contributed by atoms with Crippen LogP contribution in [0.2, 0.25) is 0 Å². The van der Waals surface area contributed by atoms with E-state index in [1.807, 2.05) is 13.8 Å². The summed E-state index contributed by atoms with van der Waals surface area (Å²) in [4.78, 5) is 26.8. The molecule has 1 aromatic heterocycles. The van der Waals surface area contributed by atoms with E-state index in [-0.39, 0.29) is 17.2 Å². The molecule has 1 atom stereocenters. The number of pyridine rings is 1. The number of carboxylic acids is 1. The summed E-state index contributed by atoms with van der Waals surface area (Å²) in [5.74, 6) is -0.779. The number of carboxylic acid groups (broad SMARTS) is 1. The number of nitrogens with zero attached hydrogens (tertiary/aromatic N) is 3. The first-order valence-corrected chi connectivity index (χ1v) is 5.96. The monoisotopic (exact) mass is 267 g/mol. The van der Waals surface area contributed by atoms with Crippen molar-refractivity contribution in [1.82, 2.24) is 4.98 Å². The van der Waals surface area contributed by atoms with E-state index in [0.717, 1.165) is 12.5 Å². The highest BCUT2D eigenvalue weighted by atomic mass is 16.6. The fraction of sp³-hybridized carbons (Fsp3) is 0.500. The zero-order valence-electron chi connectivity index (χ0n) is 11.2. The van der Waals surface area contributed by atoms with Crippen LogP contribution in [-0.4, -0.2) is 34.6 Å². The van der Waals surface area contributed by atoms with Gasteiger partial charge in [-0.3, -0.25) is 10.1 Å². The number of carbonyl (C=O) groups is 1. The molecule has 1 heterocycles. The van der Waals surface area contributed by atoms with Crippen LogP contribution in [0, 0.1) is 16.0 Å². The number of anilines is 1. The topological polar surface area (TPSA) is 96.6 Å². The van der Waals surface area contributed by atoms with Gasteiger partial charge in [-0.2, -0.15) is 0 Å². The van der Waals surface area contributed by atoms with Crippen molar-refractivity contribution in [1.29, 1.82) is 0 Å². The summed E-state index contributed by atoms with van der Waals surface area (Å²) in [6.07, 6.45) is 0.927. The molecule has 0 saturated heterocycles. The Morgan fingerprint density at radius 3 is 2.68 bits per heavy atom. The third kappa shape index (κ3) is 3.64. The molecule has 1 N–H and O–H groups in total. The van der Waals surface area contributed by atoms with Crippen molar-refractivity contribution in [2.75, 3.05) is 18.5 Å². The third-order valence-corrected chi connectivity index (χ3v) is 2.91. The average Bonchev–Trinajstić information content (AvgIpc) is 2.37. The van der Waals surface area contributed by atoms with E-state index in [0.29, 0.717) is 12.5 Å². The van der Waals surface area contributed by atoms with Crippen LogP contribution in [0.1, 0.15) is 30.8 Å². The lowest BCUT2D eigenvalue weighted by atomic mass is 10.1. The lowest BCUT2D eigenvalue weighted by Gasteiger charge is -2.21. The second-order valence-electron chi connectivity index (χ2n) is 4.50. The molecule has 104 valence electrons. The van der Waals surface area contributed by atoms with E-state index in [9.17, 15) is 14.9 Å². The second-order valence-corrected chi connectivity index (χ2v) is 4.50. The molecule has 7 nitrogen and oxygen atoms in total. The maximum atomic E-state index is 11.0. The van der Waals surface area contributed by atoms with Crippen LogP contribution >= 0.6 is 0 Å². The first-order valence-electron chi connectivity index (χ1n) is 5.96. The van der Waals surface area contributed by atoms with Gasteiger partial charge in [0.2, 0.25) is 5.82 Å². The number of hydrogen-bond acceptors (Lipinski definition) is 5. The molecule has 7 heteroatoms. The normalized spacial score (nSPS) is 11.9. The SMILES string of the molecule is CCC(C)CN(C)c1nc(C(=O)O)ccc1[N+](=O)[O-]. The van der Waals surface area contributed by atoms with Crippen molar-refractivity contribution in [2.45, 2.75) is 20.3 Å². The van der Waals surface area contributed by atoms with Gasteiger partial charge in [0, 0.05) is 19.7 Å². The molecule has 0 saturated carbocycles. The van der Waals surface area contributed by atoms with Crippen LogP contribution in [0.15, 0.2) is 12.1 Å². The largest absolute Gasteiger partial charge is 0.477 e. The van der Waals surface area contributed by atoms with Crippen LogP contribution in [0.3, 0.4) is 0 Å². The predicted octanol–water partition coefficient (Wildman–Crippen LogP) is 2.17. The van der Waals surface area contributed by atoms with E-state index in [1.54, 1.807) is 11.9 Å². The fourth-order valence-corrected chi connectivity index (χ4v) is 1.67. The Hall–Kier alpha value is -2.18. The van der Waals surface area contributed by atoms with Crippen LogP contribution in [0.4, 0.5) is 11.5 Å². The van der Waals surface area contributed by atoms with Gasteiger partial charge in [0.25, 0.3) is 0 Å². The number of hydrogen-bond donors (Lipinski definition) is 1. The van der Waals surface area contributed by atoms with Gasteiger partial charge in [-0.25, -0.2) is 9.78 Å². The second kappa shape index (κ2) is 6.12. The van der Waals surface area contributed by atoms with Gasteiger partial charge in [-0.15, -0.1) is 0 Å². The standard InChI is InChI=1S/C12H17N3O4/c1-4-8(2)7-14(3)11-10(15(18)19)6-5-9(13-11)12(16)17/h5-6,8H,4,7H2,1-3H3,(H,16,17). The minimum atomic E-state index is -1.20. The molecule has 0 radical (unpaired) electrons. The van der Waals surface area contributed by atoms with Crippen LogP contribution in [0.25, 0.3) is 0 Å². The first-order chi connectivity index (χ1) is 8.86. The van der Waals surface area contributed by atoms with Crippen LogP contribution < -0.4 is 4.90 Å². The summed E-state index contributed by atoms with van der Waals surface area (Å²) in [6, 6.07) is 2.32. The molecule has 1 aromatic rings. The Bertz CT molecular complexity index is 490. The number of rotatable bonds is 6. The molecule has 0 bridgehead atoms. The Morgan fingerprint density at radius 1 is 1.58 bits per heavy atom. The molecule has 19 heavy (non-hydrogen) atoms. The third-order valence-electron chi connectivity index (χ3n) is 2.91. The van der Waals surface area contributed by atoms with Crippen molar-refractivity contribution in [3.8, 4) is 0 Å². The average molecular weight is 267 g/mol.